The van der Waals surface area contributed by atoms with Gasteiger partial charge in [-0.1, -0.05) is 18.9 Å². The van der Waals surface area contributed by atoms with E-state index in [1.54, 1.807) is 16.9 Å². The summed E-state index contributed by atoms with van der Waals surface area (Å²) in [6, 6.07) is 3.65. The van der Waals surface area contributed by atoms with Gasteiger partial charge in [0.1, 0.15) is 23.6 Å². The first-order chi connectivity index (χ1) is 18.5. The van der Waals surface area contributed by atoms with Crippen LogP contribution in [0.5, 0.6) is 5.75 Å². The monoisotopic (exact) mass is 548 g/mol. The molecule has 1 saturated carbocycles. The number of nitrogens with zero attached hydrogens (tertiary/aromatic N) is 3. The van der Waals surface area contributed by atoms with Crippen LogP contribution in [-0.4, -0.2) is 63.2 Å². The van der Waals surface area contributed by atoms with Crippen LogP contribution in [0.15, 0.2) is 42.3 Å². The number of halogens is 3. The lowest BCUT2D eigenvalue weighted by atomic mass is 9.93. The van der Waals surface area contributed by atoms with Crippen LogP contribution in [0.1, 0.15) is 46.0 Å². The van der Waals surface area contributed by atoms with Crippen LogP contribution in [0.2, 0.25) is 0 Å². The molecule has 5 rings (SSSR count). The van der Waals surface area contributed by atoms with E-state index in [1.165, 1.54) is 6.07 Å². The van der Waals surface area contributed by atoms with Crippen LogP contribution in [0.25, 0.3) is 0 Å². The van der Waals surface area contributed by atoms with Crippen molar-refractivity contribution in [2.24, 2.45) is 0 Å². The molecule has 9 nitrogen and oxygen atoms in total. The quantitative estimate of drug-likeness (QED) is 0.507. The molecule has 1 aromatic heterocycles. The van der Waals surface area contributed by atoms with Gasteiger partial charge in [-0.15, -0.1) is 0 Å². The maximum atomic E-state index is 15.6. The van der Waals surface area contributed by atoms with E-state index < -0.39 is 46.7 Å². The Balaban J connectivity index is 1.29. The van der Waals surface area contributed by atoms with Gasteiger partial charge in [0.25, 0.3) is 5.91 Å². The molecule has 3 aliphatic rings. The third-order valence-corrected chi connectivity index (χ3v) is 7.13. The molecule has 210 valence electrons. The number of benzene rings is 1. The largest absolute Gasteiger partial charge is 0.453 e. The lowest BCUT2D eigenvalue weighted by Gasteiger charge is -2.31. The first-order valence-corrected chi connectivity index (χ1v) is 13.0. The van der Waals surface area contributed by atoms with Crippen molar-refractivity contribution in [2.75, 3.05) is 18.5 Å². The van der Waals surface area contributed by atoms with Crippen molar-refractivity contribution in [3.8, 4) is 5.75 Å². The van der Waals surface area contributed by atoms with E-state index in [1.807, 2.05) is 13.8 Å². The van der Waals surface area contributed by atoms with Gasteiger partial charge in [0, 0.05) is 24.8 Å². The fourth-order valence-electron chi connectivity index (χ4n) is 5.25. The summed E-state index contributed by atoms with van der Waals surface area (Å²) < 4.78 is 62.1. The molecule has 2 aliphatic heterocycles. The summed E-state index contributed by atoms with van der Waals surface area (Å²) in [5.74, 6) is -4.25. The molecule has 2 fully saturated rings. The average molecular weight is 549 g/mol. The fraction of sp³-hybridized carbons (Fsp3) is 0.519. The topological polar surface area (TPSA) is 94.9 Å². The first kappa shape index (κ1) is 27.2. The van der Waals surface area contributed by atoms with E-state index in [4.69, 9.17) is 14.2 Å². The molecule has 0 bridgehead atoms. The van der Waals surface area contributed by atoms with Crippen LogP contribution >= 0.6 is 0 Å². The molecule has 2 amide bonds. The highest BCUT2D eigenvalue weighted by Gasteiger charge is 2.43. The van der Waals surface area contributed by atoms with Gasteiger partial charge in [-0.25, -0.2) is 13.2 Å². The zero-order valence-electron chi connectivity index (χ0n) is 21.8. The maximum absolute atomic E-state index is 15.6. The highest BCUT2D eigenvalue weighted by Crippen LogP contribution is 2.39. The van der Waals surface area contributed by atoms with Crippen molar-refractivity contribution in [2.45, 2.75) is 76.1 Å². The number of alkyl halides is 1. The Labute approximate surface area is 223 Å². The minimum Gasteiger partial charge on any atom is -0.453 e. The predicted molar refractivity (Wildman–Crippen MR) is 133 cm³/mol. The average Bonchev–Trinajstić information content (AvgIpc) is 3.64. The van der Waals surface area contributed by atoms with Gasteiger partial charge in [-0.3, -0.25) is 14.3 Å². The third kappa shape index (κ3) is 6.27. The molecule has 0 spiro atoms. The maximum Gasteiger partial charge on any atom is 0.251 e. The molecule has 12 heteroatoms. The minimum atomic E-state index is -1.62. The Morgan fingerprint density at radius 1 is 1.23 bits per heavy atom. The molecule has 1 N–H and O–H groups in total. The molecule has 1 saturated heterocycles. The lowest BCUT2D eigenvalue weighted by Crippen LogP contribution is -2.48. The number of carbonyl (C=O) groups is 2. The second kappa shape index (κ2) is 10.6. The molecule has 1 aromatic carbocycles. The molecule has 2 aromatic rings. The van der Waals surface area contributed by atoms with Gasteiger partial charge in [0.05, 0.1) is 19.7 Å². The van der Waals surface area contributed by atoms with E-state index >= 15 is 4.39 Å². The van der Waals surface area contributed by atoms with Crippen LogP contribution < -0.4 is 10.1 Å². The van der Waals surface area contributed by atoms with Gasteiger partial charge in [0.15, 0.2) is 29.0 Å². The van der Waals surface area contributed by atoms with E-state index in [9.17, 15) is 18.4 Å². The normalized spacial score (nSPS) is 22.7. The SMILES string of the molecule is CC1(C)OC[C@@H](Cn2ccc(NC(=O)C(CC3(F)CCCC3)N3CC(Oc4c(F)cccc4F)=CC3=O)n2)O1. The van der Waals surface area contributed by atoms with Gasteiger partial charge < -0.3 is 24.4 Å². The third-order valence-electron chi connectivity index (χ3n) is 7.13. The van der Waals surface area contributed by atoms with Crippen molar-refractivity contribution in [3.05, 3.63) is 53.9 Å². The zero-order chi connectivity index (χ0) is 27.8. The Morgan fingerprint density at radius 3 is 2.62 bits per heavy atom. The van der Waals surface area contributed by atoms with Crippen molar-refractivity contribution in [1.82, 2.24) is 14.7 Å². The summed E-state index contributed by atoms with van der Waals surface area (Å²) in [4.78, 5) is 27.5. The number of rotatable bonds is 9. The standard InChI is InChI=1S/C27H31F3N4O5/c1-26(2)37-16-18(39-26)14-33-11-8-22(32-33)31-25(36)21(13-27(30)9-3-4-10-27)34-15-17(12-23(34)35)38-24-19(28)6-5-7-20(24)29/h5-8,11-12,18,21H,3-4,9-10,13-16H2,1-2H3,(H,31,32,36)/t18-,21?/m1/s1. The molecule has 2 atom stereocenters. The number of ether oxygens (including phenoxy) is 3. The Morgan fingerprint density at radius 2 is 1.95 bits per heavy atom. The predicted octanol–water partition coefficient (Wildman–Crippen LogP) is 4.10. The Kier molecular flexibility index (Phi) is 7.43. The second-order valence-corrected chi connectivity index (χ2v) is 10.7. The van der Waals surface area contributed by atoms with E-state index in [2.05, 4.69) is 10.4 Å². The van der Waals surface area contributed by atoms with Gasteiger partial charge in [0.2, 0.25) is 5.91 Å². The van der Waals surface area contributed by atoms with Crippen molar-refractivity contribution in [3.63, 3.8) is 0 Å². The molecule has 1 aliphatic carbocycles. The summed E-state index contributed by atoms with van der Waals surface area (Å²) in [7, 11) is 0. The van der Waals surface area contributed by atoms with E-state index in [0.29, 0.717) is 26.0 Å². The number of amides is 2. The highest BCUT2D eigenvalue weighted by atomic mass is 19.1. The number of anilines is 1. The summed E-state index contributed by atoms with van der Waals surface area (Å²) in [6.07, 6.45) is 4.24. The van der Waals surface area contributed by atoms with Crippen molar-refractivity contribution in [1.29, 1.82) is 0 Å². The zero-order valence-corrected chi connectivity index (χ0v) is 21.8. The van der Waals surface area contributed by atoms with Crippen molar-refractivity contribution >= 4 is 17.6 Å². The molecule has 1 unspecified atom stereocenters. The summed E-state index contributed by atoms with van der Waals surface area (Å²) in [5.41, 5.74) is -1.62. The molecular formula is C27H31F3N4O5. The van der Waals surface area contributed by atoms with E-state index in [-0.39, 0.29) is 43.5 Å². The number of nitrogens with one attached hydrogen (secondary N) is 1. The number of hydrogen-bond donors (Lipinski definition) is 1. The number of carbonyl (C=O) groups excluding carboxylic acids is 2. The highest BCUT2D eigenvalue weighted by molar-refractivity contribution is 6.00. The van der Waals surface area contributed by atoms with Crippen LogP contribution in [0, 0.1) is 11.6 Å². The van der Waals surface area contributed by atoms with Crippen molar-refractivity contribution < 1.29 is 37.0 Å². The summed E-state index contributed by atoms with van der Waals surface area (Å²) >= 11 is 0. The summed E-state index contributed by atoms with van der Waals surface area (Å²) in [6.45, 7) is 4.20. The Hall–Kier alpha value is -3.38. The number of hydrogen-bond acceptors (Lipinski definition) is 6. The molecule has 3 heterocycles. The second-order valence-electron chi connectivity index (χ2n) is 10.7. The van der Waals surface area contributed by atoms with Gasteiger partial charge in [-0.05, 0) is 38.8 Å². The van der Waals surface area contributed by atoms with Crippen LogP contribution in [0.3, 0.4) is 0 Å². The van der Waals surface area contributed by atoms with Gasteiger partial charge >= 0.3 is 0 Å². The number of para-hydroxylation sites is 1. The minimum absolute atomic E-state index is 0.0490. The molecule has 39 heavy (non-hydrogen) atoms. The van der Waals surface area contributed by atoms with Gasteiger partial charge in [-0.2, -0.15) is 5.10 Å². The van der Waals surface area contributed by atoms with Crippen LogP contribution in [-0.2, 0) is 25.6 Å². The van der Waals surface area contributed by atoms with Crippen LogP contribution in [0.4, 0.5) is 19.0 Å². The van der Waals surface area contributed by atoms with E-state index in [0.717, 1.165) is 23.1 Å². The Bertz CT molecular complexity index is 1250. The number of aromatic nitrogens is 2. The first-order valence-electron chi connectivity index (χ1n) is 13.0. The lowest BCUT2D eigenvalue weighted by molar-refractivity contribution is -0.139. The molecular weight excluding hydrogens is 517 g/mol. The fourth-order valence-corrected chi connectivity index (χ4v) is 5.25. The smallest absolute Gasteiger partial charge is 0.251 e. The summed E-state index contributed by atoms with van der Waals surface area (Å²) in [5, 5.41) is 7.05. The molecule has 0 radical (unpaired) electrons.